The van der Waals surface area contributed by atoms with E-state index < -0.39 is 0 Å². The van der Waals surface area contributed by atoms with Gasteiger partial charge in [0.15, 0.2) is 0 Å². The highest BCUT2D eigenvalue weighted by molar-refractivity contribution is 5.95. The van der Waals surface area contributed by atoms with Crippen molar-refractivity contribution in [2.45, 2.75) is 19.3 Å². The number of nitrogens with one attached hydrogen (secondary N) is 2. The van der Waals surface area contributed by atoms with Crippen LogP contribution in [0.3, 0.4) is 0 Å². The van der Waals surface area contributed by atoms with Gasteiger partial charge in [-0.1, -0.05) is 12.5 Å². The Labute approximate surface area is 93.9 Å². The van der Waals surface area contributed by atoms with Crippen LogP contribution in [0.2, 0.25) is 0 Å². The number of fused-ring (bicyclic) bond motifs is 1. The number of aromatic amines is 1. The van der Waals surface area contributed by atoms with E-state index in [9.17, 15) is 4.79 Å². The van der Waals surface area contributed by atoms with Gasteiger partial charge in [-0.05, 0) is 36.4 Å². The monoisotopic (exact) mass is 214 g/mol. The van der Waals surface area contributed by atoms with Crippen LogP contribution >= 0.6 is 0 Å². The standard InChI is InChI=1S/C13H14N2O/c16-13(10-2-1-3-10)15-11-5-4-9-6-7-14-12(9)8-11/h4-8,10,14H,1-3H2,(H,15,16). The fourth-order valence-electron chi connectivity index (χ4n) is 2.04. The molecule has 1 aliphatic rings. The van der Waals surface area contributed by atoms with E-state index in [-0.39, 0.29) is 11.8 Å². The van der Waals surface area contributed by atoms with E-state index in [1.165, 1.54) is 11.8 Å². The Balaban J connectivity index is 1.80. The molecular weight excluding hydrogens is 200 g/mol. The third kappa shape index (κ3) is 1.58. The first-order valence-corrected chi connectivity index (χ1v) is 5.71. The van der Waals surface area contributed by atoms with Crippen molar-refractivity contribution in [3.63, 3.8) is 0 Å². The number of aromatic nitrogens is 1. The van der Waals surface area contributed by atoms with Crippen molar-refractivity contribution in [3.8, 4) is 0 Å². The van der Waals surface area contributed by atoms with E-state index in [0.29, 0.717) is 0 Å². The molecule has 0 atom stereocenters. The van der Waals surface area contributed by atoms with E-state index in [1.54, 1.807) is 0 Å². The van der Waals surface area contributed by atoms with Crippen molar-refractivity contribution < 1.29 is 4.79 Å². The summed E-state index contributed by atoms with van der Waals surface area (Å²) in [6.45, 7) is 0. The average molecular weight is 214 g/mol. The van der Waals surface area contributed by atoms with Gasteiger partial charge < -0.3 is 10.3 Å². The molecule has 1 aromatic heterocycles. The minimum absolute atomic E-state index is 0.164. The fraction of sp³-hybridized carbons (Fsp3) is 0.308. The van der Waals surface area contributed by atoms with Crippen LogP contribution in [0, 0.1) is 5.92 Å². The van der Waals surface area contributed by atoms with Gasteiger partial charge in [0, 0.05) is 23.3 Å². The molecule has 2 N–H and O–H groups in total. The number of hydrogen-bond acceptors (Lipinski definition) is 1. The molecule has 0 radical (unpaired) electrons. The summed E-state index contributed by atoms with van der Waals surface area (Å²) in [5.41, 5.74) is 1.94. The van der Waals surface area contributed by atoms with Crippen molar-refractivity contribution in [3.05, 3.63) is 30.5 Å². The first-order valence-electron chi connectivity index (χ1n) is 5.71. The van der Waals surface area contributed by atoms with Crippen LogP contribution < -0.4 is 5.32 Å². The molecule has 1 aliphatic carbocycles. The van der Waals surface area contributed by atoms with E-state index in [4.69, 9.17) is 0 Å². The van der Waals surface area contributed by atoms with Gasteiger partial charge in [-0.2, -0.15) is 0 Å². The molecule has 0 spiro atoms. The first kappa shape index (κ1) is 9.46. The first-order chi connectivity index (χ1) is 7.83. The lowest BCUT2D eigenvalue weighted by molar-refractivity contribution is -0.122. The molecule has 3 rings (SSSR count). The number of H-pyrrole nitrogens is 1. The number of hydrogen-bond donors (Lipinski definition) is 2. The second-order valence-corrected chi connectivity index (χ2v) is 4.40. The van der Waals surface area contributed by atoms with Crippen molar-refractivity contribution in [2.75, 3.05) is 5.32 Å². The molecular formula is C13H14N2O. The summed E-state index contributed by atoms with van der Waals surface area (Å²) in [5.74, 6) is 0.400. The molecule has 0 bridgehead atoms. The predicted octanol–water partition coefficient (Wildman–Crippen LogP) is 2.91. The Morgan fingerprint density at radius 2 is 2.19 bits per heavy atom. The van der Waals surface area contributed by atoms with E-state index in [2.05, 4.69) is 10.3 Å². The lowest BCUT2D eigenvalue weighted by Crippen LogP contribution is -2.27. The maximum atomic E-state index is 11.7. The van der Waals surface area contributed by atoms with Gasteiger partial charge in [0.2, 0.25) is 5.91 Å². The third-order valence-corrected chi connectivity index (χ3v) is 3.30. The van der Waals surface area contributed by atoms with Crippen LogP contribution in [-0.2, 0) is 4.79 Å². The van der Waals surface area contributed by atoms with Crippen LogP contribution in [-0.4, -0.2) is 10.9 Å². The van der Waals surface area contributed by atoms with Gasteiger partial charge in [-0.15, -0.1) is 0 Å². The summed E-state index contributed by atoms with van der Waals surface area (Å²) >= 11 is 0. The number of benzene rings is 1. The summed E-state index contributed by atoms with van der Waals surface area (Å²) < 4.78 is 0. The summed E-state index contributed by atoms with van der Waals surface area (Å²) in [6.07, 6.45) is 5.17. The number of carbonyl (C=O) groups excluding carboxylic acids is 1. The number of anilines is 1. The highest BCUT2D eigenvalue weighted by Crippen LogP contribution is 2.28. The zero-order chi connectivity index (χ0) is 11.0. The Morgan fingerprint density at radius 1 is 1.31 bits per heavy atom. The zero-order valence-electron chi connectivity index (χ0n) is 8.99. The second kappa shape index (κ2) is 3.67. The topological polar surface area (TPSA) is 44.9 Å². The maximum Gasteiger partial charge on any atom is 0.227 e. The summed E-state index contributed by atoms with van der Waals surface area (Å²) in [4.78, 5) is 14.9. The predicted molar refractivity (Wildman–Crippen MR) is 64.3 cm³/mol. The van der Waals surface area contributed by atoms with Crippen LogP contribution in [0.25, 0.3) is 10.9 Å². The summed E-state index contributed by atoms with van der Waals surface area (Å²) in [7, 11) is 0. The lowest BCUT2D eigenvalue weighted by atomic mass is 9.85. The van der Waals surface area contributed by atoms with Gasteiger partial charge in [-0.25, -0.2) is 0 Å². The molecule has 2 aromatic rings. The molecule has 16 heavy (non-hydrogen) atoms. The van der Waals surface area contributed by atoms with Crippen LogP contribution in [0.5, 0.6) is 0 Å². The summed E-state index contributed by atoms with van der Waals surface area (Å²) in [5, 5.41) is 4.14. The molecule has 1 fully saturated rings. The van der Waals surface area contributed by atoms with Gasteiger partial charge in [0.1, 0.15) is 0 Å². The van der Waals surface area contributed by atoms with Crippen LogP contribution in [0.1, 0.15) is 19.3 Å². The lowest BCUT2D eigenvalue weighted by Gasteiger charge is -2.24. The zero-order valence-corrected chi connectivity index (χ0v) is 8.99. The fourth-order valence-corrected chi connectivity index (χ4v) is 2.04. The molecule has 3 heteroatoms. The number of rotatable bonds is 2. The molecule has 82 valence electrons. The normalized spacial score (nSPS) is 16.0. The second-order valence-electron chi connectivity index (χ2n) is 4.40. The molecule has 0 saturated heterocycles. The van der Waals surface area contributed by atoms with E-state index >= 15 is 0 Å². The Kier molecular flexibility index (Phi) is 2.17. The minimum Gasteiger partial charge on any atom is -0.361 e. The van der Waals surface area contributed by atoms with E-state index in [0.717, 1.165) is 24.0 Å². The quantitative estimate of drug-likeness (QED) is 0.793. The Bertz CT molecular complexity index is 525. The van der Waals surface area contributed by atoms with Gasteiger partial charge in [0.25, 0.3) is 0 Å². The van der Waals surface area contributed by atoms with Gasteiger partial charge in [-0.3, -0.25) is 4.79 Å². The third-order valence-electron chi connectivity index (χ3n) is 3.30. The Morgan fingerprint density at radius 3 is 2.94 bits per heavy atom. The SMILES string of the molecule is O=C(Nc1ccc2cc[nH]c2c1)C1CCC1. The molecule has 0 unspecified atom stereocenters. The minimum atomic E-state index is 0.164. The molecule has 0 aliphatic heterocycles. The molecule has 1 heterocycles. The molecule has 1 aromatic carbocycles. The average Bonchev–Trinajstić information content (AvgIpc) is 2.61. The van der Waals surface area contributed by atoms with Gasteiger partial charge in [0.05, 0.1) is 0 Å². The van der Waals surface area contributed by atoms with E-state index in [1.807, 2.05) is 30.5 Å². The van der Waals surface area contributed by atoms with Gasteiger partial charge >= 0.3 is 0 Å². The largest absolute Gasteiger partial charge is 0.361 e. The maximum absolute atomic E-state index is 11.7. The highest BCUT2D eigenvalue weighted by atomic mass is 16.1. The molecule has 1 saturated carbocycles. The molecule has 1 amide bonds. The van der Waals surface area contributed by atoms with Crippen LogP contribution in [0.4, 0.5) is 5.69 Å². The smallest absolute Gasteiger partial charge is 0.227 e. The summed E-state index contributed by atoms with van der Waals surface area (Å²) in [6, 6.07) is 7.97. The van der Waals surface area contributed by atoms with Crippen molar-refractivity contribution in [1.82, 2.24) is 4.98 Å². The van der Waals surface area contributed by atoms with Crippen molar-refractivity contribution in [2.24, 2.45) is 5.92 Å². The van der Waals surface area contributed by atoms with Crippen molar-refractivity contribution in [1.29, 1.82) is 0 Å². The number of amides is 1. The Hall–Kier alpha value is -1.77. The highest BCUT2D eigenvalue weighted by Gasteiger charge is 2.25. The van der Waals surface area contributed by atoms with Crippen LogP contribution in [0.15, 0.2) is 30.5 Å². The molecule has 3 nitrogen and oxygen atoms in total. The van der Waals surface area contributed by atoms with Crippen molar-refractivity contribution >= 4 is 22.5 Å². The number of carbonyl (C=O) groups is 1.